The fourth-order valence-electron chi connectivity index (χ4n) is 3.21. The number of rotatable bonds is 7. The van der Waals surface area contributed by atoms with E-state index < -0.39 is 0 Å². The summed E-state index contributed by atoms with van der Waals surface area (Å²) in [7, 11) is 0. The van der Waals surface area contributed by atoms with Crippen LogP contribution in [0.15, 0.2) is 35.7 Å². The predicted octanol–water partition coefficient (Wildman–Crippen LogP) is 3.02. The monoisotopic (exact) mass is 386 g/mol. The number of carbonyl (C=O) groups is 2. The van der Waals surface area contributed by atoms with Gasteiger partial charge in [0.05, 0.1) is 6.54 Å². The van der Waals surface area contributed by atoms with Gasteiger partial charge in [0.15, 0.2) is 11.5 Å². The maximum atomic E-state index is 13.0. The summed E-state index contributed by atoms with van der Waals surface area (Å²) >= 11 is 1.62. The number of benzene rings is 1. The highest BCUT2D eigenvalue weighted by Gasteiger charge is 2.33. The molecule has 1 aromatic carbocycles. The lowest BCUT2D eigenvalue weighted by Crippen LogP contribution is -2.42. The second-order valence-electron chi connectivity index (χ2n) is 6.89. The standard InChI is InChI=1S/C20H22N2O4S/c1-14(23)22(16-5-6-16)12-20(24)21(11-17-3-2-8-27-17)10-15-4-7-18-19(9-15)26-13-25-18/h2-4,7-9,16H,5-6,10-13H2,1H3. The number of carbonyl (C=O) groups excluding carboxylic acids is 2. The van der Waals surface area contributed by atoms with Crippen LogP contribution in [0.1, 0.15) is 30.2 Å². The summed E-state index contributed by atoms with van der Waals surface area (Å²) < 4.78 is 10.8. The molecule has 27 heavy (non-hydrogen) atoms. The molecule has 0 N–H and O–H groups in total. The lowest BCUT2D eigenvalue weighted by molar-refractivity contribution is -0.140. The van der Waals surface area contributed by atoms with Crippen LogP contribution in [-0.2, 0) is 22.7 Å². The highest BCUT2D eigenvalue weighted by Crippen LogP contribution is 2.33. The molecule has 6 nitrogen and oxygen atoms in total. The van der Waals surface area contributed by atoms with E-state index >= 15 is 0 Å². The Morgan fingerprint density at radius 1 is 1.15 bits per heavy atom. The molecule has 2 amide bonds. The number of fused-ring (bicyclic) bond motifs is 1. The molecule has 1 fully saturated rings. The van der Waals surface area contributed by atoms with Crippen molar-refractivity contribution < 1.29 is 19.1 Å². The lowest BCUT2D eigenvalue weighted by Gasteiger charge is -2.27. The first-order chi connectivity index (χ1) is 13.1. The van der Waals surface area contributed by atoms with Crippen molar-refractivity contribution >= 4 is 23.2 Å². The third kappa shape index (κ3) is 4.24. The Hall–Kier alpha value is -2.54. The second kappa shape index (κ2) is 7.60. The van der Waals surface area contributed by atoms with Crippen molar-refractivity contribution in [1.82, 2.24) is 9.80 Å². The minimum absolute atomic E-state index is 0.0370. The van der Waals surface area contributed by atoms with Crippen molar-refractivity contribution in [3.05, 3.63) is 46.2 Å². The van der Waals surface area contributed by atoms with Crippen molar-refractivity contribution in [2.24, 2.45) is 0 Å². The molecule has 7 heteroatoms. The van der Waals surface area contributed by atoms with Gasteiger partial charge in [-0.15, -0.1) is 11.3 Å². The quantitative estimate of drug-likeness (QED) is 0.734. The molecule has 2 aromatic rings. The van der Waals surface area contributed by atoms with E-state index in [9.17, 15) is 9.59 Å². The molecule has 0 atom stereocenters. The first-order valence-electron chi connectivity index (χ1n) is 9.06. The fourth-order valence-corrected chi connectivity index (χ4v) is 3.93. The van der Waals surface area contributed by atoms with Crippen LogP contribution in [0.2, 0.25) is 0 Å². The summed E-state index contributed by atoms with van der Waals surface area (Å²) in [6.45, 7) is 2.89. The summed E-state index contributed by atoms with van der Waals surface area (Å²) in [6.07, 6.45) is 1.97. The zero-order valence-electron chi connectivity index (χ0n) is 15.2. The molecule has 4 rings (SSSR count). The molecule has 0 bridgehead atoms. The molecule has 0 spiro atoms. The third-order valence-electron chi connectivity index (χ3n) is 4.79. The minimum Gasteiger partial charge on any atom is -0.454 e. The fraction of sp³-hybridized carbons (Fsp3) is 0.400. The topological polar surface area (TPSA) is 59.1 Å². The number of ether oxygens (including phenoxy) is 2. The van der Waals surface area contributed by atoms with Crippen LogP contribution < -0.4 is 9.47 Å². The normalized spacial score (nSPS) is 14.9. The van der Waals surface area contributed by atoms with Crippen molar-refractivity contribution in [3.8, 4) is 11.5 Å². The van der Waals surface area contributed by atoms with Crippen molar-refractivity contribution in [1.29, 1.82) is 0 Å². The Labute approximate surface area is 162 Å². The van der Waals surface area contributed by atoms with Gasteiger partial charge in [-0.05, 0) is 42.0 Å². The van der Waals surface area contributed by atoms with E-state index in [0.717, 1.165) is 29.0 Å². The molecular formula is C20H22N2O4S. The van der Waals surface area contributed by atoms with E-state index in [1.807, 2.05) is 40.6 Å². The zero-order chi connectivity index (χ0) is 18.8. The Morgan fingerprint density at radius 3 is 2.67 bits per heavy atom. The second-order valence-corrected chi connectivity index (χ2v) is 7.93. The van der Waals surface area contributed by atoms with Crippen LogP contribution in [0, 0.1) is 0 Å². The molecule has 2 aliphatic rings. The molecule has 0 unspecified atom stereocenters. The number of hydrogen-bond donors (Lipinski definition) is 0. The van der Waals surface area contributed by atoms with Crippen LogP contribution >= 0.6 is 11.3 Å². The summed E-state index contributed by atoms with van der Waals surface area (Å²) in [5.41, 5.74) is 0.977. The third-order valence-corrected chi connectivity index (χ3v) is 5.65. The van der Waals surface area contributed by atoms with Crippen molar-refractivity contribution in [3.63, 3.8) is 0 Å². The Kier molecular flexibility index (Phi) is 5.03. The Morgan fingerprint density at radius 2 is 1.96 bits per heavy atom. The van der Waals surface area contributed by atoms with Crippen LogP contribution in [0.3, 0.4) is 0 Å². The number of thiophene rings is 1. The van der Waals surface area contributed by atoms with Crippen LogP contribution in [0.5, 0.6) is 11.5 Å². The lowest BCUT2D eigenvalue weighted by atomic mass is 10.2. The molecule has 1 aromatic heterocycles. The maximum Gasteiger partial charge on any atom is 0.242 e. The van der Waals surface area contributed by atoms with Gasteiger partial charge in [0.1, 0.15) is 6.54 Å². The molecule has 0 saturated heterocycles. The number of amides is 2. The molecular weight excluding hydrogens is 364 g/mol. The van der Waals surface area contributed by atoms with Gasteiger partial charge in [0.2, 0.25) is 18.6 Å². The number of nitrogens with zero attached hydrogens (tertiary/aromatic N) is 2. The minimum atomic E-state index is -0.0387. The van der Waals surface area contributed by atoms with E-state index in [4.69, 9.17) is 9.47 Å². The molecule has 1 saturated carbocycles. The first kappa shape index (κ1) is 17.9. The van der Waals surface area contributed by atoms with E-state index in [2.05, 4.69) is 0 Å². The van der Waals surface area contributed by atoms with Crippen molar-refractivity contribution in [2.45, 2.75) is 38.9 Å². The van der Waals surface area contributed by atoms with Gasteiger partial charge in [0, 0.05) is 24.4 Å². The van der Waals surface area contributed by atoms with E-state index in [-0.39, 0.29) is 31.2 Å². The molecule has 1 aliphatic carbocycles. The van der Waals surface area contributed by atoms with E-state index in [0.29, 0.717) is 18.8 Å². The SMILES string of the molecule is CC(=O)N(CC(=O)N(Cc1ccc2c(c1)OCO2)Cc1cccs1)C1CC1. The van der Waals surface area contributed by atoms with Gasteiger partial charge >= 0.3 is 0 Å². The van der Waals surface area contributed by atoms with Gasteiger partial charge in [-0.1, -0.05) is 12.1 Å². The van der Waals surface area contributed by atoms with Gasteiger partial charge in [-0.3, -0.25) is 9.59 Å². The highest BCUT2D eigenvalue weighted by molar-refractivity contribution is 7.09. The summed E-state index contributed by atoms with van der Waals surface area (Å²) in [5.74, 6) is 1.36. The molecule has 1 aliphatic heterocycles. The molecule has 0 radical (unpaired) electrons. The van der Waals surface area contributed by atoms with Crippen LogP contribution in [0.4, 0.5) is 0 Å². The highest BCUT2D eigenvalue weighted by atomic mass is 32.1. The summed E-state index contributed by atoms with van der Waals surface area (Å²) in [4.78, 5) is 29.6. The predicted molar refractivity (Wildman–Crippen MR) is 102 cm³/mol. The Balaban J connectivity index is 1.51. The van der Waals surface area contributed by atoms with Crippen LogP contribution in [-0.4, -0.2) is 41.0 Å². The van der Waals surface area contributed by atoms with Gasteiger partial charge in [0.25, 0.3) is 0 Å². The van der Waals surface area contributed by atoms with Gasteiger partial charge in [-0.2, -0.15) is 0 Å². The summed E-state index contributed by atoms with van der Waals surface area (Å²) in [5, 5.41) is 2.00. The smallest absolute Gasteiger partial charge is 0.242 e. The Bertz CT molecular complexity index is 833. The first-order valence-corrected chi connectivity index (χ1v) is 9.94. The number of hydrogen-bond acceptors (Lipinski definition) is 5. The van der Waals surface area contributed by atoms with Crippen molar-refractivity contribution in [2.75, 3.05) is 13.3 Å². The average molecular weight is 386 g/mol. The van der Waals surface area contributed by atoms with E-state index in [1.165, 1.54) is 6.92 Å². The maximum absolute atomic E-state index is 13.0. The largest absolute Gasteiger partial charge is 0.454 e. The van der Waals surface area contributed by atoms with E-state index in [1.54, 1.807) is 16.2 Å². The average Bonchev–Trinajstić information content (AvgIpc) is 3.15. The zero-order valence-corrected chi connectivity index (χ0v) is 16.0. The molecule has 2 heterocycles. The van der Waals surface area contributed by atoms with Gasteiger partial charge < -0.3 is 19.3 Å². The van der Waals surface area contributed by atoms with Gasteiger partial charge in [-0.25, -0.2) is 0 Å². The van der Waals surface area contributed by atoms with Crippen LogP contribution in [0.25, 0.3) is 0 Å². The summed E-state index contributed by atoms with van der Waals surface area (Å²) in [6, 6.07) is 9.97. The molecule has 142 valence electrons.